The third-order valence-corrected chi connectivity index (χ3v) is 5.36. The molecule has 3 rings (SSSR count). The minimum Gasteiger partial charge on any atom is -0.396 e. The fourth-order valence-corrected chi connectivity index (χ4v) is 3.88. The predicted molar refractivity (Wildman–Crippen MR) is 82.5 cm³/mol. The molecule has 1 aliphatic rings. The zero-order chi connectivity index (χ0) is 14.1. The molecule has 1 aromatic carbocycles. The summed E-state index contributed by atoms with van der Waals surface area (Å²) in [4.78, 5) is 13.0. The average Bonchev–Trinajstić information content (AvgIpc) is 3.24. The summed E-state index contributed by atoms with van der Waals surface area (Å²) in [5.41, 5.74) is 0. The maximum absolute atomic E-state index is 12.4. The summed E-state index contributed by atoms with van der Waals surface area (Å²) >= 11 is 7.73. The first-order valence-electron chi connectivity index (χ1n) is 6.79. The topological polar surface area (TPSA) is 49.3 Å². The Labute approximate surface area is 126 Å². The summed E-state index contributed by atoms with van der Waals surface area (Å²) < 4.78 is 1.02. The van der Waals surface area contributed by atoms with E-state index in [9.17, 15) is 4.79 Å². The van der Waals surface area contributed by atoms with Gasteiger partial charge in [-0.15, -0.1) is 11.3 Å². The largest absolute Gasteiger partial charge is 0.396 e. The third kappa shape index (κ3) is 2.68. The van der Waals surface area contributed by atoms with Crippen LogP contribution in [-0.2, 0) is 0 Å². The number of halogens is 1. The van der Waals surface area contributed by atoms with Crippen molar-refractivity contribution >= 4 is 38.9 Å². The Bertz CT molecular complexity index is 636. The van der Waals surface area contributed by atoms with E-state index in [1.54, 1.807) is 0 Å². The highest BCUT2D eigenvalue weighted by atomic mass is 35.5. The molecule has 1 atom stereocenters. The predicted octanol–water partition coefficient (Wildman–Crippen LogP) is 3.45. The normalized spacial score (nSPS) is 16.3. The van der Waals surface area contributed by atoms with Gasteiger partial charge in [-0.3, -0.25) is 4.79 Å². The van der Waals surface area contributed by atoms with Gasteiger partial charge in [0, 0.05) is 22.7 Å². The van der Waals surface area contributed by atoms with Crippen LogP contribution in [-0.4, -0.2) is 23.7 Å². The van der Waals surface area contributed by atoms with Gasteiger partial charge in [0.2, 0.25) is 0 Å². The molecule has 2 N–H and O–H groups in total. The Hall–Kier alpha value is -1.10. The van der Waals surface area contributed by atoms with Crippen LogP contribution in [0.5, 0.6) is 0 Å². The van der Waals surface area contributed by atoms with E-state index in [-0.39, 0.29) is 18.6 Å². The lowest BCUT2D eigenvalue weighted by molar-refractivity contribution is 0.0928. The molecule has 0 bridgehead atoms. The number of hydrogen-bond acceptors (Lipinski definition) is 3. The van der Waals surface area contributed by atoms with Crippen molar-refractivity contribution in [1.29, 1.82) is 0 Å². The van der Waals surface area contributed by atoms with Gasteiger partial charge in [-0.1, -0.05) is 29.8 Å². The quantitative estimate of drug-likeness (QED) is 0.889. The average molecular weight is 310 g/mol. The van der Waals surface area contributed by atoms with Crippen LogP contribution < -0.4 is 5.32 Å². The van der Waals surface area contributed by atoms with Crippen LogP contribution in [0, 0.1) is 5.92 Å². The number of benzene rings is 1. The second-order valence-corrected chi connectivity index (χ2v) is 6.60. The van der Waals surface area contributed by atoms with Crippen molar-refractivity contribution in [3.8, 4) is 0 Å². The third-order valence-electron chi connectivity index (χ3n) is 3.69. The highest BCUT2D eigenvalue weighted by Gasteiger charge is 2.32. The lowest BCUT2D eigenvalue weighted by atomic mass is 10.1. The molecule has 1 aliphatic carbocycles. The number of nitrogens with one attached hydrogen (secondary N) is 1. The van der Waals surface area contributed by atoms with E-state index < -0.39 is 0 Å². The van der Waals surface area contributed by atoms with Gasteiger partial charge in [0.1, 0.15) is 4.88 Å². The molecule has 0 radical (unpaired) electrons. The van der Waals surface area contributed by atoms with Gasteiger partial charge in [-0.05, 0) is 31.2 Å². The Morgan fingerprint density at radius 3 is 2.85 bits per heavy atom. The van der Waals surface area contributed by atoms with Crippen molar-refractivity contribution in [3.63, 3.8) is 0 Å². The lowest BCUT2D eigenvalue weighted by Crippen LogP contribution is -2.36. The van der Waals surface area contributed by atoms with Crippen LogP contribution in [0.15, 0.2) is 24.3 Å². The second-order valence-electron chi connectivity index (χ2n) is 5.17. The highest BCUT2D eigenvalue weighted by Crippen LogP contribution is 2.37. The van der Waals surface area contributed by atoms with Crippen LogP contribution in [0.2, 0.25) is 5.02 Å². The molecule has 0 aliphatic heterocycles. The molecular formula is C15H16ClNO2S. The fraction of sp³-hybridized carbons (Fsp3) is 0.400. The summed E-state index contributed by atoms with van der Waals surface area (Å²) in [5.74, 6) is 0.390. The monoisotopic (exact) mass is 309 g/mol. The Morgan fingerprint density at radius 2 is 2.20 bits per heavy atom. The minimum absolute atomic E-state index is 0.0637. The van der Waals surface area contributed by atoms with E-state index in [1.807, 2.05) is 24.3 Å². The van der Waals surface area contributed by atoms with Crippen LogP contribution >= 0.6 is 22.9 Å². The number of aliphatic hydroxyl groups excluding tert-OH is 1. The maximum atomic E-state index is 12.4. The van der Waals surface area contributed by atoms with Crippen molar-refractivity contribution in [2.45, 2.75) is 25.3 Å². The molecular weight excluding hydrogens is 294 g/mol. The molecule has 1 amide bonds. The standard InChI is InChI=1S/C15H16ClNO2S/c16-13-10-3-1-2-4-12(10)20-14(13)15(19)17-11(7-8-18)9-5-6-9/h1-4,9,11,18H,5-8H2,(H,17,19). The second kappa shape index (κ2) is 5.72. The Balaban J connectivity index is 1.82. The smallest absolute Gasteiger partial charge is 0.263 e. The molecule has 3 nitrogen and oxygen atoms in total. The van der Waals surface area contributed by atoms with E-state index in [0.717, 1.165) is 22.9 Å². The van der Waals surface area contributed by atoms with Crippen LogP contribution in [0.3, 0.4) is 0 Å². The van der Waals surface area contributed by atoms with Crippen LogP contribution in [0.25, 0.3) is 10.1 Å². The number of hydrogen-bond donors (Lipinski definition) is 2. The first kappa shape index (κ1) is 13.9. The van der Waals surface area contributed by atoms with Crippen molar-refractivity contribution in [2.24, 2.45) is 5.92 Å². The van der Waals surface area contributed by atoms with E-state index in [2.05, 4.69) is 5.32 Å². The number of carbonyl (C=O) groups is 1. The SMILES string of the molecule is O=C(NC(CCO)C1CC1)c1sc2ccccc2c1Cl. The summed E-state index contributed by atoms with van der Waals surface area (Å²) in [7, 11) is 0. The van der Waals surface area contributed by atoms with Gasteiger partial charge in [0.15, 0.2) is 0 Å². The van der Waals surface area contributed by atoms with Crippen molar-refractivity contribution in [1.82, 2.24) is 5.32 Å². The number of amides is 1. The molecule has 1 saturated carbocycles. The van der Waals surface area contributed by atoms with Gasteiger partial charge < -0.3 is 10.4 Å². The Kier molecular flexibility index (Phi) is 3.96. The molecule has 5 heteroatoms. The molecule has 106 valence electrons. The summed E-state index contributed by atoms with van der Waals surface area (Å²) in [6, 6.07) is 7.82. The van der Waals surface area contributed by atoms with Gasteiger partial charge in [0.25, 0.3) is 5.91 Å². The number of aliphatic hydroxyl groups is 1. The molecule has 1 aromatic heterocycles. The van der Waals surface area contributed by atoms with Crippen molar-refractivity contribution in [2.75, 3.05) is 6.61 Å². The van der Waals surface area contributed by atoms with Crippen molar-refractivity contribution < 1.29 is 9.90 Å². The molecule has 1 heterocycles. The minimum atomic E-state index is -0.124. The molecule has 0 saturated heterocycles. The number of fused-ring (bicyclic) bond motifs is 1. The molecule has 0 spiro atoms. The lowest BCUT2D eigenvalue weighted by Gasteiger charge is -2.16. The van der Waals surface area contributed by atoms with Gasteiger partial charge in [-0.2, -0.15) is 0 Å². The Morgan fingerprint density at radius 1 is 1.45 bits per heavy atom. The first-order chi connectivity index (χ1) is 9.70. The summed E-state index contributed by atoms with van der Waals surface area (Å²) in [5, 5.41) is 13.6. The zero-order valence-corrected chi connectivity index (χ0v) is 12.5. The van der Waals surface area contributed by atoms with Gasteiger partial charge in [0.05, 0.1) is 5.02 Å². The molecule has 1 fully saturated rings. The molecule has 2 aromatic rings. The maximum Gasteiger partial charge on any atom is 0.263 e. The highest BCUT2D eigenvalue weighted by molar-refractivity contribution is 7.21. The van der Waals surface area contributed by atoms with E-state index in [4.69, 9.17) is 16.7 Å². The number of rotatable bonds is 5. The summed E-state index contributed by atoms with van der Waals surface area (Å²) in [6.07, 6.45) is 2.87. The van der Waals surface area contributed by atoms with Crippen LogP contribution in [0.1, 0.15) is 28.9 Å². The van der Waals surface area contributed by atoms with Gasteiger partial charge >= 0.3 is 0 Å². The van der Waals surface area contributed by atoms with E-state index >= 15 is 0 Å². The van der Waals surface area contributed by atoms with Crippen LogP contribution in [0.4, 0.5) is 0 Å². The molecule has 1 unspecified atom stereocenters. The molecule has 20 heavy (non-hydrogen) atoms. The number of thiophene rings is 1. The van der Waals surface area contributed by atoms with E-state index in [0.29, 0.717) is 22.2 Å². The van der Waals surface area contributed by atoms with Gasteiger partial charge in [-0.25, -0.2) is 0 Å². The number of carbonyl (C=O) groups excluding carboxylic acids is 1. The zero-order valence-electron chi connectivity index (χ0n) is 10.9. The first-order valence-corrected chi connectivity index (χ1v) is 7.99. The van der Waals surface area contributed by atoms with Crippen molar-refractivity contribution in [3.05, 3.63) is 34.2 Å². The fourth-order valence-electron chi connectivity index (χ4n) is 2.46. The van der Waals surface area contributed by atoms with E-state index in [1.165, 1.54) is 11.3 Å². The summed E-state index contributed by atoms with van der Waals surface area (Å²) in [6.45, 7) is 0.0988.